The largest absolute Gasteiger partial charge is 0.456 e. The highest BCUT2D eigenvalue weighted by Gasteiger charge is 2.18. The van der Waals surface area contributed by atoms with Crippen LogP contribution in [0.2, 0.25) is 0 Å². The molecule has 0 spiro atoms. The second kappa shape index (κ2) is 12.5. The molecule has 1 amide bonds. The molecule has 13 nitrogen and oxygen atoms in total. The molecule has 1 aromatic heterocycles. The van der Waals surface area contributed by atoms with Crippen molar-refractivity contribution < 1.29 is 22.8 Å². The first-order chi connectivity index (χ1) is 18.5. The van der Waals surface area contributed by atoms with Gasteiger partial charge in [-0.1, -0.05) is 12.1 Å². The van der Waals surface area contributed by atoms with E-state index < -0.39 is 21.5 Å². The summed E-state index contributed by atoms with van der Waals surface area (Å²) in [5, 5.41) is 15.2. The van der Waals surface area contributed by atoms with Crippen molar-refractivity contribution in [2.24, 2.45) is 16.6 Å². The van der Waals surface area contributed by atoms with E-state index in [-0.39, 0.29) is 36.2 Å². The third-order valence-electron chi connectivity index (χ3n) is 5.33. The van der Waals surface area contributed by atoms with Gasteiger partial charge in [-0.05, 0) is 67.0 Å². The molecule has 39 heavy (non-hydrogen) atoms. The molecule has 2 aromatic carbocycles. The predicted octanol–water partition coefficient (Wildman–Crippen LogP) is 1.25. The van der Waals surface area contributed by atoms with Crippen molar-refractivity contribution in [3.05, 3.63) is 81.8 Å². The first-order valence-corrected chi connectivity index (χ1v) is 13.0. The van der Waals surface area contributed by atoms with Crippen LogP contribution >= 0.6 is 0 Å². The van der Waals surface area contributed by atoms with Crippen molar-refractivity contribution >= 4 is 27.6 Å². The molecule has 3 aromatic rings. The maximum atomic E-state index is 13.0. The number of pyridine rings is 1. The molecule has 0 atom stereocenters. The molecule has 0 aliphatic rings. The molecule has 0 saturated heterocycles. The molecule has 0 radical (unpaired) electrons. The normalized spacial score (nSPS) is 10.7. The number of nitrogens with zero attached hydrogens (tertiary/aromatic N) is 3. The van der Waals surface area contributed by atoms with E-state index in [4.69, 9.17) is 21.0 Å². The topological polar surface area (TPSA) is 204 Å². The predicted molar refractivity (Wildman–Crippen MR) is 143 cm³/mol. The van der Waals surface area contributed by atoms with Gasteiger partial charge in [0.2, 0.25) is 11.9 Å². The maximum absolute atomic E-state index is 13.0. The van der Waals surface area contributed by atoms with Crippen molar-refractivity contribution in [3.8, 4) is 17.6 Å². The zero-order valence-electron chi connectivity index (χ0n) is 21.2. The van der Waals surface area contributed by atoms with E-state index in [1.165, 1.54) is 36.4 Å². The van der Waals surface area contributed by atoms with Crippen molar-refractivity contribution in [2.75, 3.05) is 17.9 Å². The molecule has 0 bridgehead atoms. The van der Waals surface area contributed by atoms with Crippen LogP contribution in [0.3, 0.4) is 0 Å². The fourth-order valence-electron chi connectivity index (χ4n) is 3.39. The Morgan fingerprint density at radius 3 is 2.49 bits per heavy atom. The summed E-state index contributed by atoms with van der Waals surface area (Å²) >= 11 is 0. The Hall–Kier alpha value is -5.03. The molecular weight excluding hydrogens is 526 g/mol. The van der Waals surface area contributed by atoms with Crippen molar-refractivity contribution in [1.29, 1.82) is 5.26 Å². The highest BCUT2D eigenvalue weighted by molar-refractivity contribution is 7.92. The molecule has 0 saturated carbocycles. The third kappa shape index (κ3) is 7.49. The van der Waals surface area contributed by atoms with E-state index >= 15 is 0 Å². The first kappa shape index (κ1) is 28.5. The summed E-state index contributed by atoms with van der Waals surface area (Å²) in [5.41, 5.74) is 10.9. The Morgan fingerprint density at radius 1 is 1.10 bits per heavy atom. The third-order valence-corrected chi connectivity index (χ3v) is 6.71. The van der Waals surface area contributed by atoms with Crippen LogP contribution in [0.5, 0.6) is 11.5 Å². The average Bonchev–Trinajstić information content (AvgIpc) is 2.88. The number of benzene rings is 2. The summed E-state index contributed by atoms with van der Waals surface area (Å²) in [5.74, 6) is -0.0963. The lowest BCUT2D eigenvalue weighted by Crippen LogP contribution is -2.36. The quantitative estimate of drug-likeness (QED) is 0.117. The highest BCUT2D eigenvalue weighted by atomic mass is 32.2. The van der Waals surface area contributed by atoms with Crippen LogP contribution in [0, 0.1) is 25.2 Å². The smallest absolute Gasteiger partial charge is 0.275 e. The van der Waals surface area contributed by atoms with Gasteiger partial charge in [-0.2, -0.15) is 5.26 Å². The van der Waals surface area contributed by atoms with Crippen LogP contribution in [0.25, 0.3) is 0 Å². The second-order valence-corrected chi connectivity index (χ2v) is 9.90. The Balaban J connectivity index is 1.71. The molecule has 6 N–H and O–H groups in total. The Bertz CT molecular complexity index is 1590. The number of nitriles is 1. The number of carbonyl (C=O) groups excluding carboxylic acids is 1. The summed E-state index contributed by atoms with van der Waals surface area (Å²) in [4.78, 5) is 29.9. The van der Waals surface area contributed by atoms with Gasteiger partial charge >= 0.3 is 0 Å². The van der Waals surface area contributed by atoms with Gasteiger partial charge in [0.05, 0.1) is 17.0 Å². The Kier molecular flexibility index (Phi) is 9.13. The number of hydrogen-bond donors (Lipinski definition) is 4. The van der Waals surface area contributed by atoms with Gasteiger partial charge in [0.15, 0.2) is 0 Å². The van der Waals surface area contributed by atoms with E-state index in [0.29, 0.717) is 22.8 Å². The van der Waals surface area contributed by atoms with E-state index in [2.05, 4.69) is 21.3 Å². The van der Waals surface area contributed by atoms with Crippen LogP contribution in [-0.4, -0.2) is 38.0 Å². The number of aromatic nitrogens is 1. The number of nitrogens with two attached hydrogens (primary N) is 2. The Morgan fingerprint density at radius 2 is 1.82 bits per heavy atom. The van der Waals surface area contributed by atoms with Gasteiger partial charge in [0.1, 0.15) is 36.4 Å². The zero-order chi connectivity index (χ0) is 28.6. The number of rotatable bonds is 11. The molecule has 0 fully saturated rings. The molecule has 0 unspecified atom stereocenters. The van der Waals surface area contributed by atoms with E-state index in [9.17, 15) is 23.3 Å². The van der Waals surface area contributed by atoms with Crippen LogP contribution in [0.1, 0.15) is 16.8 Å². The summed E-state index contributed by atoms with van der Waals surface area (Å²) in [6, 6.07) is 15.6. The lowest BCUT2D eigenvalue weighted by Gasteiger charge is -2.14. The van der Waals surface area contributed by atoms with Crippen LogP contribution < -0.4 is 31.8 Å². The standard InChI is InChI=1S/C25H27N7O6S/c1-16-4-3-5-22(20(16)14-26)38-18-7-9-19(10-8-18)39(35,36)31-21-11-6-17(2)32(24(21)34)15-23(33)29-12-13-37-30-25(27)28/h3-11,31H,12-13,15H2,1-2H3,(H,29,33)(H4,27,28,30). The number of oxime groups is 1. The molecule has 0 aliphatic heterocycles. The summed E-state index contributed by atoms with van der Waals surface area (Å²) in [6.45, 7) is 3.13. The maximum Gasteiger partial charge on any atom is 0.275 e. The molecule has 3 rings (SSSR count). The van der Waals surface area contributed by atoms with Gasteiger partial charge in [-0.15, -0.1) is 0 Å². The molecular formula is C25H27N7O6S. The monoisotopic (exact) mass is 553 g/mol. The Labute approximate surface area is 224 Å². The van der Waals surface area contributed by atoms with E-state index in [1.807, 2.05) is 0 Å². The minimum Gasteiger partial charge on any atom is -0.456 e. The van der Waals surface area contributed by atoms with Crippen LogP contribution in [0.4, 0.5) is 5.69 Å². The SMILES string of the molecule is Cc1cccc(Oc2ccc(S(=O)(=O)Nc3ccc(C)n(CC(=O)NCCON=C(N)N)c3=O)cc2)c1C#N. The van der Waals surface area contributed by atoms with E-state index in [1.54, 1.807) is 32.0 Å². The molecule has 0 aliphatic carbocycles. The second-order valence-electron chi connectivity index (χ2n) is 8.22. The van der Waals surface area contributed by atoms with Gasteiger partial charge in [-0.3, -0.25) is 14.3 Å². The van der Waals surface area contributed by atoms with Crippen molar-refractivity contribution in [3.63, 3.8) is 0 Å². The van der Waals surface area contributed by atoms with Crippen LogP contribution in [-0.2, 0) is 26.2 Å². The number of amides is 1. The van der Waals surface area contributed by atoms with Gasteiger partial charge in [-0.25, -0.2) is 8.42 Å². The van der Waals surface area contributed by atoms with Crippen molar-refractivity contribution in [1.82, 2.24) is 9.88 Å². The number of aryl methyl sites for hydroxylation is 2. The fraction of sp³-hybridized carbons (Fsp3) is 0.200. The number of nitrogens with one attached hydrogen (secondary N) is 2. The van der Waals surface area contributed by atoms with Gasteiger partial charge in [0.25, 0.3) is 15.6 Å². The lowest BCUT2D eigenvalue weighted by molar-refractivity contribution is -0.122. The highest BCUT2D eigenvalue weighted by Crippen LogP contribution is 2.28. The molecule has 204 valence electrons. The number of anilines is 1. The zero-order valence-corrected chi connectivity index (χ0v) is 22.0. The minimum absolute atomic E-state index is 0.00562. The summed E-state index contributed by atoms with van der Waals surface area (Å²) in [7, 11) is -4.15. The first-order valence-electron chi connectivity index (χ1n) is 11.5. The number of ether oxygens (including phenoxy) is 1. The fourth-order valence-corrected chi connectivity index (χ4v) is 4.44. The molecule has 14 heteroatoms. The lowest BCUT2D eigenvalue weighted by atomic mass is 10.1. The summed E-state index contributed by atoms with van der Waals surface area (Å²) in [6.07, 6.45) is 0. The number of carbonyl (C=O) groups is 1. The van der Waals surface area contributed by atoms with Gasteiger partial charge in [0, 0.05) is 5.69 Å². The van der Waals surface area contributed by atoms with Crippen LogP contribution in [0.15, 0.2) is 69.4 Å². The van der Waals surface area contributed by atoms with E-state index in [0.717, 1.165) is 10.1 Å². The molecule has 1 heterocycles. The van der Waals surface area contributed by atoms with Gasteiger partial charge < -0.3 is 30.9 Å². The number of sulfonamides is 1. The average molecular weight is 554 g/mol. The number of hydrogen-bond acceptors (Lipinski definition) is 8. The minimum atomic E-state index is -4.15. The van der Waals surface area contributed by atoms with Crippen molar-refractivity contribution in [2.45, 2.75) is 25.3 Å². The summed E-state index contributed by atoms with van der Waals surface area (Å²) < 4.78 is 35.1. The number of guanidine groups is 1.